The maximum Gasteiger partial charge on any atom is 0.242 e. The van der Waals surface area contributed by atoms with E-state index in [-0.39, 0.29) is 6.04 Å². The van der Waals surface area contributed by atoms with E-state index in [0.717, 1.165) is 18.5 Å². The molecular formula is C9H15N3O2S. The summed E-state index contributed by atoms with van der Waals surface area (Å²) in [5.74, 6) is 0. The second kappa shape index (κ2) is 3.62. The van der Waals surface area contributed by atoms with E-state index in [9.17, 15) is 8.42 Å². The van der Waals surface area contributed by atoms with Crippen molar-refractivity contribution >= 4 is 10.0 Å². The molecule has 0 atom stereocenters. The van der Waals surface area contributed by atoms with Gasteiger partial charge in [0.1, 0.15) is 0 Å². The molecule has 1 aromatic heterocycles. The third kappa shape index (κ3) is 2.22. The van der Waals surface area contributed by atoms with Crippen LogP contribution >= 0.6 is 0 Å². The summed E-state index contributed by atoms with van der Waals surface area (Å²) in [6, 6.07) is 1.75. The summed E-state index contributed by atoms with van der Waals surface area (Å²) in [6.45, 7) is 0.343. The molecule has 5 nitrogen and oxygen atoms in total. The zero-order chi connectivity index (χ0) is 11.1. The number of aryl methyl sites for hydroxylation is 1. The summed E-state index contributed by atoms with van der Waals surface area (Å²) in [5.41, 5.74) is 6.30. The summed E-state index contributed by atoms with van der Waals surface area (Å²) in [4.78, 5) is 0.303. The summed E-state index contributed by atoms with van der Waals surface area (Å²) in [6.07, 6.45) is 3.47. The van der Waals surface area contributed by atoms with Crippen molar-refractivity contribution in [2.45, 2.75) is 30.3 Å². The highest BCUT2D eigenvalue weighted by molar-refractivity contribution is 7.89. The molecule has 84 valence electrons. The summed E-state index contributed by atoms with van der Waals surface area (Å²) in [7, 11) is -1.55. The van der Waals surface area contributed by atoms with E-state index in [1.54, 1.807) is 23.9 Å². The molecule has 1 saturated carbocycles. The van der Waals surface area contributed by atoms with E-state index >= 15 is 0 Å². The van der Waals surface area contributed by atoms with Gasteiger partial charge in [0.25, 0.3) is 0 Å². The first-order valence-electron chi connectivity index (χ1n) is 4.90. The lowest BCUT2D eigenvalue weighted by molar-refractivity contribution is 0.581. The molecule has 0 bridgehead atoms. The number of hydrogen-bond donors (Lipinski definition) is 2. The van der Waals surface area contributed by atoms with Crippen molar-refractivity contribution in [3.05, 3.63) is 18.0 Å². The van der Waals surface area contributed by atoms with Crippen LogP contribution in [0.5, 0.6) is 0 Å². The Bertz CT molecular complexity index is 460. The largest absolute Gasteiger partial charge is 0.352 e. The van der Waals surface area contributed by atoms with Crippen molar-refractivity contribution < 1.29 is 8.42 Å². The van der Waals surface area contributed by atoms with Crippen LogP contribution in [0, 0.1) is 0 Å². The Morgan fingerprint density at radius 2 is 2.27 bits per heavy atom. The van der Waals surface area contributed by atoms with Gasteiger partial charge in [-0.3, -0.25) is 0 Å². The zero-order valence-corrected chi connectivity index (χ0v) is 9.42. The topological polar surface area (TPSA) is 77.1 Å². The Morgan fingerprint density at radius 3 is 2.73 bits per heavy atom. The summed E-state index contributed by atoms with van der Waals surface area (Å²) in [5, 5.41) is 0. The van der Waals surface area contributed by atoms with E-state index < -0.39 is 10.0 Å². The molecule has 1 fully saturated rings. The fourth-order valence-electron chi connectivity index (χ4n) is 1.42. The van der Waals surface area contributed by atoms with E-state index in [2.05, 4.69) is 4.72 Å². The highest BCUT2D eigenvalue weighted by atomic mass is 32.2. The van der Waals surface area contributed by atoms with Gasteiger partial charge in [-0.25, -0.2) is 13.1 Å². The molecule has 15 heavy (non-hydrogen) atoms. The number of nitrogens with one attached hydrogen (secondary N) is 1. The van der Waals surface area contributed by atoms with Gasteiger partial charge in [-0.15, -0.1) is 0 Å². The summed E-state index contributed by atoms with van der Waals surface area (Å²) < 4.78 is 28.0. The molecule has 2 rings (SSSR count). The van der Waals surface area contributed by atoms with Crippen molar-refractivity contribution in [1.29, 1.82) is 0 Å². The third-order valence-corrected chi connectivity index (χ3v) is 3.99. The first-order chi connectivity index (χ1) is 7.03. The number of nitrogens with two attached hydrogens (primary N) is 1. The van der Waals surface area contributed by atoms with E-state index in [0.29, 0.717) is 11.4 Å². The second-order valence-corrected chi connectivity index (χ2v) is 5.59. The lowest BCUT2D eigenvalue weighted by Gasteiger charge is -2.01. The molecular weight excluding hydrogens is 214 g/mol. The molecule has 1 heterocycles. The molecule has 0 saturated heterocycles. The fourth-order valence-corrected chi connectivity index (χ4v) is 2.81. The molecule has 0 amide bonds. The molecule has 0 aliphatic heterocycles. The summed E-state index contributed by atoms with van der Waals surface area (Å²) >= 11 is 0. The third-order valence-electron chi connectivity index (χ3n) is 2.50. The van der Waals surface area contributed by atoms with Gasteiger partial charge in [-0.1, -0.05) is 0 Å². The molecule has 1 aromatic rings. The van der Waals surface area contributed by atoms with Gasteiger partial charge >= 0.3 is 0 Å². The normalized spacial score (nSPS) is 16.9. The molecule has 6 heteroatoms. The van der Waals surface area contributed by atoms with Crippen LogP contribution < -0.4 is 10.5 Å². The van der Waals surface area contributed by atoms with E-state index in [1.807, 2.05) is 0 Å². The molecule has 3 N–H and O–H groups in total. The maximum absolute atomic E-state index is 11.8. The standard InChI is InChI=1S/C9H15N3O2S/c1-12-6-9(4-8(12)5-10)15(13,14)11-7-2-3-7/h4,6-7,11H,2-3,5,10H2,1H3. The minimum atomic E-state index is -3.34. The van der Waals surface area contributed by atoms with Crippen molar-refractivity contribution in [3.63, 3.8) is 0 Å². The fraction of sp³-hybridized carbons (Fsp3) is 0.556. The SMILES string of the molecule is Cn1cc(S(=O)(=O)NC2CC2)cc1CN. The lowest BCUT2D eigenvalue weighted by atomic mass is 10.4. The average Bonchev–Trinajstić information content (AvgIpc) is 2.86. The van der Waals surface area contributed by atoms with Gasteiger partial charge < -0.3 is 10.3 Å². The Kier molecular flexibility index (Phi) is 2.57. The number of sulfonamides is 1. The van der Waals surface area contributed by atoms with Gasteiger partial charge in [0.2, 0.25) is 10.0 Å². The van der Waals surface area contributed by atoms with Crippen LogP contribution in [-0.4, -0.2) is 19.0 Å². The number of nitrogens with zero attached hydrogens (tertiary/aromatic N) is 1. The van der Waals surface area contributed by atoms with E-state index in [1.165, 1.54) is 0 Å². The van der Waals surface area contributed by atoms with Crippen LogP contribution in [0.15, 0.2) is 17.2 Å². The van der Waals surface area contributed by atoms with Crippen molar-refractivity contribution in [2.75, 3.05) is 0 Å². The van der Waals surface area contributed by atoms with Crippen molar-refractivity contribution in [2.24, 2.45) is 12.8 Å². The van der Waals surface area contributed by atoms with Crippen molar-refractivity contribution in [3.8, 4) is 0 Å². The van der Waals surface area contributed by atoms with Gasteiger partial charge in [0, 0.05) is 31.5 Å². The van der Waals surface area contributed by atoms with Crippen LogP contribution in [0.4, 0.5) is 0 Å². The highest BCUT2D eigenvalue weighted by Gasteiger charge is 2.28. The molecule has 0 spiro atoms. The average molecular weight is 229 g/mol. The number of hydrogen-bond acceptors (Lipinski definition) is 3. The monoisotopic (exact) mass is 229 g/mol. The van der Waals surface area contributed by atoms with Crippen LogP contribution in [0.1, 0.15) is 18.5 Å². The zero-order valence-electron chi connectivity index (χ0n) is 8.60. The molecule has 0 radical (unpaired) electrons. The van der Waals surface area contributed by atoms with Crippen molar-refractivity contribution in [1.82, 2.24) is 9.29 Å². The highest BCUT2D eigenvalue weighted by Crippen LogP contribution is 2.22. The van der Waals surface area contributed by atoms with Gasteiger partial charge in [-0.2, -0.15) is 0 Å². The smallest absolute Gasteiger partial charge is 0.242 e. The molecule has 0 unspecified atom stereocenters. The van der Waals surface area contributed by atoms with Gasteiger partial charge in [0.05, 0.1) is 4.90 Å². The lowest BCUT2D eigenvalue weighted by Crippen LogP contribution is -2.25. The van der Waals surface area contributed by atoms with Crippen LogP contribution in [0.2, 0.25) is 0 Å². The molecule has 1 aliphatic carbocycles. The Labute approximate surface area is 89.3 Å². The Hall–Kier alpha value is -0.850. The van der Waals surface area contributed by atoms with Gasteiger partial charge in [-0.05, 0) is 18.9 Å². The predicted octanol–water partition coefficient (Wildman–Crippen LogP) is -0.0755. The quantitative estimate of drug-likeness (QED) is 0.758. The Balaban J connectivity index is 2.27. The number of aromatic nitrogens is 1. The predicted molar refractivity (Wildman–Crippen MR) is 56.6 cm³/mol. The minimum absolute atomic E-state index is 0.136. The van der Waals surface area contributed by atoms with Crippen LogP contribution in [0.25, 0.3) is 0 Å². The van der Waals surface area contributed by atoms with E-state index in [4.69, 9.17) is 5.73 Å². The Morgan fingerprint density at radius 1 is 1.60 bits per heavy atom. The first kappa shape index (κ1) is 10.7. The molecule has 0 aromatic carbocycles. The van der Waals surface area contributed by atoms with Crippen LogP contribution in [0.3, 0.4) is 0 Å². The first-order valence-corrected chi connectivity index (χ1v) is 6.39. The van der Waals surface area contributed by atoms with Gasteiger partial charge in [0.15, 0.2) is 0 Å². The van der Waals surface area contributed by atoms with Crippen LogP contribution in [-0.2, 0) is 23.6 Å². The maximum atomic E-state index is 11.8. The molecule has 1 aliphatic rings. The second-order valence-electron chi connectivity index (χ2n) is 3.88. The number of rotatable bonds is 4. The minimum Gasteiger partial charge on any atom is -0.352 e.